The molecule has 0 spiro atoms. The number of methoxy groups -OCH3 is 1. The number of carbonyl (C=O) groups excluding carboxylic acids is 2. The molecule has 0 aliphatic heterocycles. The Balaban J connectivity index is 1.19. The SMILES string of the molecule is CCNC(=O)c1c(C)oc2cc(Oc3ncnc4cc(OC)c(OCCCCCCC(=O)Nc5ccccc5N)cc34)ccc12. The minimum absolute atomic E-state index is 0.0476. The maximum atomic E-state index is 12.5. The van der Waals surface area contributed by atoms with Crippen LogP contribution in [0, 0.1) is 6.92 Å². The highest BCUT2D eigenvalue weighted by Gasteiger charge is 2.19. The van der Waals surface area contributed by atoms with E-state index in [-0.39, 0.29) is 11.8 Å². The standard InChI is InChI=1S/C34H37N5O6/c1-4-36-33(41)32-21(2)44-28-17-22(14-15-23(28)32)45-34-24-18-30(29(42-3)19-27(24)37-20-38-34)43-16-10-6-5-7-13-31(40)39-26-12-9-8-11-25(26)35/h8-9,11-12,14-15,17-20H,4-7,10,13,16,35H2,1-3H3,(H,36,41)(H,39,40). The molecule has 0 saturated carbocycles. The molecular weight excluding hydrogens is 574 g/mol. The lowest BCUT2D eigenvalue weighted by Gasteiger charge is -2.13. The van der Waals surface area contributed by atoms with Crippen LogP contribution in [0.2, 0.25) is 0 Å². The molecule has 45 heavy (non-hydrogen) atoms. The Labute approximate surface area is 261 Å². The zero-order valence-corrected chi connectivity index (χ0v) is 25.6. The molecule has 11 heteroatoms. The van der Waals surface area contributed by atoms with E-state index in [1.165, 1.54) is 6.33 Å². The van der Waals surface area contributed by atoms with E-state index in [2.05, 4.69) is 20.6 Å². The van der Waals surface area contributed by atoms with E-state index >= 15 is 0 Å². The van der Waals surface area contributed by atoms with Crippen LogP contribution < -0.4 is 30.6 Å². The van der Waals surface area contributed by atoms with E-state index in [1.54, 1.807) is 50.4 Å². The summed E-state index contributed by atoms with van der Waals surface area (Å²) in [5.74, 6) is 2.25. The number of nitrogens with one attached hydrogen (secondary N) is 2. The molecule has 0 unspecified atom stereocenters. The van der Waals surface area contributed by atoms with Crippen LogP contribution in [0.5, 0.6) is 23.1 Å². The van der Waals surface area contributed by atoms with Gasteiger partial charge in [-0.1, -0.05) is 25.0 Å². The van der Waals surface area contributed by atoms with Gasteiger partial charge in [-0.15, -0.1) is 0 Å². The predicted molar refractivity (Wildman–Crippen MR) is 173 cm³/mol. The first-order valence-corrected chi connectivity index (χ1v) is 15.0. The summed E-state index contributed by atoms with van der Waals surface area (Å²) in [7, 11) is 1.58. The second kappa shape index (κ2) is 14.4. The van der Waals surface area contributed by atoms with Crippen LogP contribution in [0.25, 0.3) is 21.9 Å². The van der Waals surface area contributed by atoms with E-state index in [4.69, 9.17) is 24.4 Å². The van der Waals surface area contributed by atoms with Crippen molar-refractivity contribution in [3.8, 4) is 23.1 Å². The Bertz CT molecular complexity index is 1820. The Morgan fingerprint density at radius 1 is 0.956 bits per heavy atom. The average Bonchev–Trinajstić information content (AvgIpc) is 3.36. The highest BCUT2D eigenvalue weighted by molar-refractivity contribution is 6.07. The molecule has 5 aromatic rings. The van der Waals surface area contributed by atoms with Crippen LogP contribution in [-0.4, -0.2) is 42.0 Å². The van der Waals surface area contributed by atoms with Crippen molar-refractivity contribution >= 4 is 45.1 Å². The molecule has 0 atom stereocenters. The number of para-hydroxylation sites is 2. The molecule has 234 valence electrons. The van der Waals surface area contributed by atoms with Gasteiger partial charge >= 0.3 is 0 Å². The number of nitrogens with zero attached hydrogens (tertiary/aromatic N) is 2. The maximum absolute atomic E-state index is 12.5. The molecule has 0 aliphatic carbocycles. The Hall–Kier alpha value is -5.32. The third-order valence-electron chi connectivity index (χ3n) is 7.29. The van der Waals surface area contributed by atoms with Gasteiger partial charge in [0.2, 0.25) is 11.8 Å². The summed E-state index contributed by atoms with van der Waals surface area (Å²) < 4.78 is 23.7. The number of anilines is 2. The van der Waals surface area contributed by atoms with Crippen molar-refractivity contribution < 1.29 is 28.2 Å². The summed E-state index contributed by atoms with van der Waals surface area (Å²) in [5, 5.41) is 7.04. The number of benzene rings is 3. The van der Waals surface area contributed by atoms with Crippen LogP contribution in [0.4, 0.5) is 11.4 Å². The maximum Gasteiger partial charge on any atom is 0.255 e. The van der Waals surface area contributed by atoms with E-state index in [0.717, 1.165) is 25.7 Å². The summed E-state index contributed by atoms with van der Waals surface area (Å²) in [4.78, 5) is 33.5. The number of nitrogen functional groups attached to an aromatic ring is 1. The number of unbranched alkanes of at least 4 members (excludes halogenated alkanes) is 3. The van der Waals surface area contributed by atoms with Gasteiger partial charge in [-0.25, -0.2) is 9.97 Å². The van der Waals surface area contributed by atoms with E-state index in [9.17, 15) is 9.59 Å². The molecule has 2 aromatic heterocycles. The van der Waals surface area contributed by atoms with Gasteiger partial charge in [-0.2, -0.15) is 0 Å². The number of rotatable bonds is 14. The summed E-state index contributed by atoms with van der Waals surface area (Å²) in [6, 6.07) is 16.1. The molecule has 11 nitrogen and oxygen atoms in total. The van der Waals surface area contributed by atoms with Crippen LogP contribution >= 0.6 is 0 Å². The smallest absolute Gasteiger partial charge is 0.255 e. The third-order valence-corrected chi connectivity index (χ3v) is 7.29. The molecule has 0 bridgehead atoms. The van der Waals surface area contributed by atoms with Crippen LogP contribution in [-0.2, 0) is 4.79 Å². The molecule has 3 aromatic carbocycles. The van der Waals surface area contributed by atoms with E-state index in [1.807, 2.05) is 25.1 Å². The largest absolute Gasteiger partial charge is 0.493 e. The molecule has 2 amide bonds. The number of hydrogen-bond donors (Lipinski definition) is 3. The van der Waals surface area contributed by atoms with E-state index < -0.39 is 0 Å². The summed E-state index contributed by atoms with van der Waals surface area (Å²) >= 11 is 0. The van der Waals surface area contributed by atoms with Gasteiger partial charge in [0.15, 0.2) is 11.5 Å². The minimum Gasteiger partial charge on any atom is -0.493 e. The molecule has 0 saturated heterocycles. The summed E-state index contributed by atoms with van der Waals surface area (Å²) in [6.45, 7) is 4.63. The van der Waals surface area contributed by atoms with Gasteiger partial charge in [0.05, 0.1) is 41.6 Å². The van der Waals surface area contributed by atoms with Crippen molar-refractivity contribution in [2.24, 2.45) is 0 Å². The molecule has 0 fully saturated rings. The number of furan rings is 1. The lowest BCUT2D eigenvalue weighted by atomic mass is 10.1. The highest BCUT2D eigenvalue weighted by Crippen LogP contribution is 2.37. The number of amides is 2. The molecule has 2 heterocycles. The van der Waals surface area contributed by atoms with Crippen molar-refractivity contribution in [1.29, 1.82) is 0 Å². The first-order chi connectivity index (χ1) is 21.9. The van der Waals surface area contributed by atoms with Crippen LogP contribution in [0.1, 0.15) is 55.1 Å². The van der Waals surface area contributed by atoms with E-state index in [0.29, 0.717) is 87.3 Å². The van der Waals surface area contributed by atoms with Crippen LogP contribution in [0.3, 0.4) is 0 Å². The number of fused-ring (bicyclic) bond motifs is 2. The molecular formula is C34H37N5O6. The second-order valence-corrected chi connectivity index (χ2v) is 10.5. The monoisotopic (exact) mass is 611 g/mol. The first kappa shape index (κ1) is 31.1. The number of carbonyl (C=O) groups is 2. The average molecular weight is 612 g/mol. The van der Waals surface area contributed by atoms with Crippen molar-refractivity contribution in [2.75, 3.05) is 31.3 Å². The normalized spacial score (nSPS) is 11.0. The van der Waals surface area contributed by atoms with Crippen molar-refractivity contribution in [1.82, 2.24) is 15.3 Å². The fourth-order valence-corrected chi connectivity index (χ4v) is 5.05. The zero-order chi connectivity index (χ0) is 31.8. The lowest BCUT2D eigenvalue weighted by molar-refractivity contribution is -0.116. The topological polar surface area (TPSA) is 151 Å². The first-order valence-electron chi connectivity index (χ1n) is 15.0. The van der Waals surface area contributed by atoms with Crippen molar-refractivity contribution in [3.63, 3.8) is 0 Å². The number of nitrogens with two attached hydrogens (primary N) is 1. The Morgan fingerprint density at radius 3 is 2.58 bits per heavy atom. The lowest BCUT2D eigenvalue weighted by Crippen LogP contribution is -2.22. The van der Waals surface area contributed by atoms with Gasteiger partial charge in [-0.3, -0.25) is 9.59 Å². The minimum atomic E-state index is -0.178. The van der Waals surface area contributed by atoms with Gasteiger partial charge < -0.3 is 35.0 Å². The van der Waals surface area contributed by atoms with Gasteiger partial charge in [0.1, 0.15) is 23.4 Å². The fraction of sp³-hybridized carbons (Fsp3) is 0.294. The second-order valence-electron chi connectivity index (χ2n) is 10.5. The third kappa shape index (κ3) is 7.43. The number of ether oxygens (including phenoxy) is 3. The summed E-state index contributed by atoms with van der Waals surface area (Å²) in [6.07, 6.45) is 5.24. The van der Waals surface area contributed by atoms with Crippen molar-refractivity contribution in [3.05, 3.63) is 72.2 Å². The number of hydrogen-bond acceptors (Lipinski definition) is 9. The molecule has 0 aliphatic rings. The van der Waals surface area contributed by atoms with Gasteiger partial charge in [0.25, 0.3) is 5.91 Å². The summed E-state index contributed by atoms with van der Waals surface area (Å²) in [5.41, 5.74) is 8.77. The number of aryl methyl sites for hydroxylation is 1. The zero-order valence-electron chi connectivity index (χ0n) is 25.6. The van der Waals surface area contributed by atoms with Gasteiger partial charge in [0, 0.05) is 30.5 Å². The number of aromatic nitrogens is 2. The Morgan fingerprint density at radius 2 is 1.78 bits per heavy atom. The molecule has 5 rings (SSSR count). The van der Waals surface area contributed by atoms with Crippen molar-refractivity contribution in [2.45, 2.75) is 46.0 Å². The molecule has 0 radical (unpaired) electrons. The fourth-order valence-electron chi connectivity index (χ4n) is 5.05. The highest BCUT2D eigenvalue weighted by atomic mass is 16.5. The predicted octanol–water partition coefficient (Wildman–Crippen LogP) is 6.79. The quantitative estimate of drug-likeness (QED) is 0.0911. The Kier molecular flexibility index (Phi) is 9.98. The van der Waals surface area contributed by atoms with Gasteiger partial charge in [-0.05, 0) is 57.0 Å². The molecule has 4 N–H and O–H groups in total. The van der Waals surface area contributed by atoms with Crippen LogP contribution in [0.15, 0.2) is 65.3 Å².